The topological polar surface area (TPSA) is 122 Å². The molecule has 0 aliphatic carbocycles. The van der Waals surface area contributed by atoms with Crippen LogP contribution < -0.4 is 0 Å². The monoisotopic (exact) mass is 629 g/mol. The molecule has 1 N–H and O–H groups in total. The molecule has 5 rings (SSSR count). The minimum absolute atomic E-state index is 0.000618. The van der Waals surface area contributed by atoms with Crippen LogP contribution in [0.4, 0.5) is 0 Å². The third kappa shape index (κ3) is 4.90. The van der Waals surface area contributed by atoms with Crippen molar-refractivity contribution in [2.45, 2.75) is 87.5 Å². The Morgan fingerprint density at radius 1 is 1.10 bits per heavy atom. The van der Waals surface area contributed by atoms with Crippen LogP contribution in [-0.2, 0) is 34.4 Å². The van der Waals surface area contributed by atoms with E-state index in [9.17, 15) is 13.5 Å². The van der Waals surface area contributed by atoms with Gasteiger partial charge < -0.3 is 23.7 Å². The van der Waals surface area contributed by atoms with E-state index >= 15 is 0 Å². The van der Waals surface area contributed by atoms with Gasteiger partial charge in [0, 0.05) is 6.20 Å². The van der Waals surface area contributed by atoms with Gasteiger partial charge in [-0.3, -0.25) is 0 Å². The largest absolute Gasteiger partial charge is 0.414 e. The van der Waals surface area contributed by atoms with E-state index in [1.54, 1.807) is 32.0 Å². The number of benzene rings is 1. The van der Waals surface area contributed by atoms with Gasteiger partial charge in [0.05, 0.1) is 17.1 Å². The average Bonchev–Trinajstić information content (AvgIpc) is 3.47. The van der Waals surface area contributed by atoms with Crippen molar-refractivity contribution >= 4 is 52.6 Å². The highest BCUT2D eigenvalue weighted by molar-refractivity contribution is 7.90. The summed E-state index contributed by atoms with van der Waals surface area (Å²) in [5.74, 6) is -3.24. The number of hydrogen-bond acceptors (Lipinski definition) is 9. The predicted molar refractivity (Wildman–Crippen MR) is 152 cm³/mol. The first-order chi connectivity index (χ1) is 18.4. The maximum absolute atomic E-state index is 13.7. The number of nitrogens with zero attached hydrogens (tertiary/aromatic N) is 3. The van der Waals surface area contributed by atoms with Gasteiger partial charge in [-0.25, -0.2) is 22.4 Å². The number of aliphatic hydroxyl groups is 1. The number of hydrogen-bond donors (Lipinski definition) is 1. The van der Waals surface area contributed by atoms with Crippen molar-refractivity contribution in [2.75, 3.05) is 6.61 Å². The minimum Gasteiger partial charge on any atom is -0.414 e. The van der Waals surface area contributed by atoms with Crippen LogP contribution >= 0.6 is 23.2 Å². The Morgan fingerprint density at radius 3 is 2.38 bits per heavy atom. The SMILES string of the molecule is CC1(C)O[C@H]2[C@@H](O1)[C@](O)(c1cn(S(=O)(=O)c3ccccc3)c3c(Cl)nc(Cl)nc13)O[C@@H]2CO[Si](C)(C)C(C)(C)C. The molecular weight excluding hydrogens is 597 g/mol. The van der Waals surface area contributed by atoms with Crippen molar-refractivity contribution < 1.29 is 32.2 Å². The number of halogens is 2. The summed E-state index contributed by atoms with van der Waals surface area (Å²) in [6, 6.07) is 7.81. The fourth-order valence-electron chi connectivity index (χ4n) is 4.77. The highest BCUT2D eigenvalue weighted by Gasteiger charge is 2.64. The van der Waals surface area contributed by atoms with Crippen molar-refractivity contribution in [3.05, 3.63) is 52.5 Å². The molecule has 0 unspecified atom stereocenters. The van der Waals surface area contributed by atoms with Crippen molar-refractivity contribution in [3.8, 4) is 0 Å². The normalized spacial score (nSPS) is 26.9. The smallest absolute Gasteiger partial charge is 0.268 e. The van der Waals surface area contributed by atoms with Gasteiger partial charge in [-0.1, -0.05) is 50.6 Å². The average molecular weight is 631 g/mol. The number of fused-ring (bicyclic) bond motifs is 2. The maximum Gasteiger partial charge on any atom is 0.268 e. The molecule has 2 aromatic heterocycles. The van der Waals surface area contributed by atoms with Crippen molar-refractivity contribution in [2.24, 2.45) is 0 Å². The van der Waals surface area contributed by atoms with Crippen LogP contribution in [0.25, 0.3) is 11.0 Å². The van der Waals surface area contributed by atoms with E-state index in [2.05, 4.69) is 43.8 Å². The molecule has 0 spiro atoms. The molecule has 218 valence electrons. The second-order valence-electron chi connectivity index (χ2n) is 12.1. The van der Waals surface area contributed by atoms with Crippen LogP contribution in [0.5, 0.6) is 0 Å². The van der Waals surface area contributed by atoms with Crippen LogP contribution in [0.2, 0.25) is 28.6 Å². The summed E-state index contributed by atoms with van der Waals surface area (Å²) in [5.41, 5.74) is -0.0537. The van der Waals surface area contributed by atoms with Gasteiger partial charge in [-0.05, 0) is 55.7 Å². The quantitative estimate of drug-likeness (QED) is 0.226. The second kappa shape index (κ2) is 9.71. The van der Waals surface area contributed by atoms with Crippen molar-refractivity contribution in [1.29, 1.82) is 0 Å². The lowest BCUT2D eigenvalue weighted by Gasteiger charge is -2.37. The number of aromatic nitrogens is 3. The van der Waals surface area contributed by atoms with E-state index in [0.29, 0.717) is 0 Å². The second-order valence-corrected chi connectivity index (χ2v) is 19.4. The Hall–Kier alpha value is -1.61. The maximum atomic E-state index is 13.7. The predicted octanol–water partition coefficient (Wildman–Crippen LogP) is 5.06. The molecule has 3 aromatic rings. The molecular formula is C26H33Cl2N3O7SSi. The van der Waals surface area contributed by atoms with E-state index < -0.39 is 48.2 Å². The lowest BCUT2D eigenvalue weighted by Crippen LogP contribution is -2.44. The highest BCUT2D eigenvalue weighted by Crippen LogP contribution is 2.50. The number of ether oxygens (including phenoxy) is 3. The Balaban J connectivity index is 1.65. The van der Waals surface area contributed by atoms with E-state index in [4.69, 9.17) is 41.8 Å². The first kappa shape index (κ1) is 29.9. The molecule has 2 aliphatic rings. The van der Waals surface area contributed by atoms with Gasteiger partial charge in [0.2, 0.25) is 11.1 Å². The highest BCUT2D eigenvalue weighted by atomic mass is 35.5. The van der Waals surface area contributed by atoms with Crippen molar-refractivity contribution in [1.82, 2.24) is 13.9 Å². The molecule has 4 atom stereocenters. The molecule has 0 radical (unpaired) electrons. The van der Waals surface area contributed by atoms with E-state index in [-0.39, 0.29) is 43.6 Å². The Kier molecular flexibility index (Phi) is 7.25. The van der Waals surface area contributed by atoms with E-state index in [1.807, 2.05) is 0 Å². The molecule has 2 aliphatic heterocycles. The molecule has 14 heteroatoms. The van der Waals surface area contributed by atoms with Crippen molar-refractivity contribution in [3.63, 3.8) is 0 Å². The minimum atomic E-state index is -4.19. The lowest BCUT2D eigenvalue weighted by molar-refractivity contribution is -0.282. The van der Waals surface area contributed by atoms with Crippen LogP contribution in [0.3, 0.4) is 0 Å². The molecule has 2 saturated heterocycles. The first-order valence-electron chi connectivity index (χ1n) is 12.8. The molecule has 2 fully saturated rings. The van der Waals surface area contributed by atoms with E-state index in [1.165, 1.54) is 18.3 Å². The summed E-state index contributed by atoms with van der Waals surface area (Å²) in [7, 11) is -6.38. The summed E-state index contributed by atoms with van der Waals surface area (Å²) in [4.78, 5) is 8.23. The first-order valence-corrected chi connectivity index (χ1v) is 17.9. The fraction of sp³-hybridized carbons (Fsp3) is 0.538. The lowest BCUT2D eigenvalue weighted by atomic mass is 9.99. The van der Waals surface area contributed by atoms with Gasteiger partial charge in [0.25, 0.3) is 10.0 Å². The van der Waals surface area contributed by atoms with Crippen LogP contribution in [0.15, 0.2) is 41.4 Å². The number of rotatable bonds is 6. The Bertz CT molecular complexity index is 1560. The third-order valence-electron chi connectivity index (χ3n) is 7.85. The van der Waals surface area contributed by atoms with Gasteiger partial charge in [0.1, 0.15) is 29.3 Å². The Morgan fingerprint density at radius 2 is 1.75 bits per heavy atom. The standard InChI is InChI=1S/C26H33Cl2N3O7SSi/c1-24(2,3)40(6,7)35-14-17-20-21(38-25(4,5)37-20)26(32,36-17)16-13-31(19-18(16)29-23(28)30-22(19)27)39(33,34)15-11-9-8-10-12-15/h8-13,17,20-21,32H,14H2,1-7H3/t17-,20-,21-,26+/m1/s1. The van der Waals surface area contributed by atoms with Crippen LogP contribution in [0.1, 0.15) is 40.2 Å². The molecule has 1 aromatic carbocycles. The van der Waals surface area contributed by atoms with E-state index in [0.717, 1.165) is 3.97 Å². The van der Waals surface area contributed by atoms with Gasteiger partial charge >= 0.3 is 0 Å². The summed E-state index contributed by atoms with van der Waals surface area (Å²) >= 11 is 12.6. The zero-order valence-corrected chi connectivity index (χ0v) is 26.6. The molecule has 0 bridgehead atoms. The van der Waals surface area contributed by atoms with Gasteiger partial charge in [0.15, 0.2) is 19.3 Å². The van der Waals surface area contributed by atoms with Crippen LogP contribution in [0, 0.1) is 0 Å². The molecule has 0 amide bonds. The zero-order chi connectivity index (χ0) is 29.5. The molecule has 40 heavy (non-hydrogen) atoms. The molecule has 4 heterocycles. The summed E-state index contributed by atoms with van der Waals surface area (Å²) < 4.78 is 53.4. The van der Waals surface area contributed by atoms with Gasteiger partial charge in [-0.15, -0.1) is 0 Å². The third-order valence-corrected chi connectivity index (χ3v) is 14.5. The van der Waals surface area contributed by atoms with Crippen LogP contribution in [-0.4, -0.2) is 66.5 Å². The summed E-state index contributed by atoms with van der Waals surface area (Å²) in [5, 5.41) is 11.7. The van der Waals surface area contributed by atoms with Gasteiger partial charge in [-0.2, -0.15) is 0 Å². The zero-order valence-electron chi connectivity index (χ0n) is 23.3. The molecule has 0 saturated carbocycles. The summed E-state index contributed by atoms with van der Waals surface area (Å²) in [6.45, 7) is 14.2. The molecule has 10 nitrogen and oxygen atoms in total. The summed E-state index contributed by atoms with van der Waals surface area (Å²) in [6.07, 6.45) is -1.27. The fourth-order valence-corrected chi connectivity index (χ4v) is 7.69. The Labute approximate surface area is 244 Å².